The SMILES string of the molecule is COc1cc(C)c(NC(=O)Oc2ccccc2)cc1OC. The van der Waals surface area contributed by atoms with Gasteiger partial charge in [-0.1, -0.05) is 18.2 Å². The van der Waals surface area contributed by atoms with Gasteiger partial charge in [-0.05, 0) is 30.7 Å². The van der Waals surface area contributed by atoms with E-state index in [-0.39, 0.29) is 0 Å². The zero-order valence-corrected chi connectivity index (χ0v) is 12.2. The molecule has 0 spiro atoms. The third-order valence-electron chi connectivity index (χ3n) is 2.92. The molecule has 0 aliphatic rings. The fourth-order valence-electron chi connectivity index (χ4n) is 1.85. The minimum atomic E-state index is -0.559. The Kier molecular flexibility index (Phi) is 4.66. The zero-order valence-electron chi connectivity index (χ0n) is 12.2. The van der Waals surface area contributed by atoms with Crippen molar-refractivity contribution in [3.05, 3.63) is 48.0 Å². The largest absolute Gasteiger partial charge is 0.493 e. The number of amides is 1. The van der Waals surface area contributed by atoms with Crippen LogP contribution in [0.5, 0.6) is 17.2 Å². The third-order valence-corrected chi connectivity index (χ3v) is 2.92. The molecule has 1 N–H and O–H groups in total. The van der Waals surface area contributed by atoms with Crippen molar-refractivity contribution >= 4 is 11.8 Å². The van der Waals surface area contributed by atoms with E-state index in [9.17, 15) is 4.79 Å². The van der Waals surface area contributed by atoms with Gasteiger partial charge in [0.1, 0.15) is 5.75 Å². The van der Waals surface area contributed by atoms with Crippen molar-refractivity contribution in [1.82, 2.24) is 0 Å². The van der Waals surface area contributed by atoms with Crippen LogP contribution in [0, 0.1) is 6.92 Å². The van der Waals surface area contributed by atoms with Gasteiger partial charge < -0.3 is 14.2 Å². The van der Waals surface area contributed by atoms with E-state index in [2.05, 4.69) is 5.32 Å². The van der Waals surface area contributed by atoms with Crippen LogP contribution in [0.4, 0.5) is 10.5 Å². The molecule has 0 aliphatic carbocycles. The monoisotopic (exact) mass is 287 g/mol. The minimum absolute atomic E-state index is 0.480. The Morgan fingerprint density at radius 2 is 1.62 bits per heavy atom. The highest BCUT2D eigenvalue weighted by atomic mass is 16.6. The zero-order chi connectivity index (χ0) is 15.2. The predicted octanol–water partition coefficient (Wildman–Crippen LogP) is 3.62. The lowest BCUT2D eigenvalue weighted by Gasteiger charge is -2.13. The number of rotatable bonds is 4. The van der Waals surface area contributed by atoms with E-state index in [4.69, 9.17) is 14.2 Å². The van der Waals surface area contributed by atoms with Crippen molar-refractivity contribution in [3.63, 3.8) is 0 Å². The Hall–Kier alpha value is -2.69. The average molecular weight is 287 g/mol. The van der Waals surface area contributed by atoms with Gasteiger partial charge in [-0.3, -0.25) is 5.32 Å². The average Bonchev–Trinajstić information content (AvgIpc) is 2.49. The van der Waals surface area contributed by atoms with Gasteiger partial charge in [-0.15, -0.1) is 0 Å². The van der Waals surface area contributed by atoms with Gasteiger partial charge in [-0.25, -0.2) is 4.79 Å². The number of hydrogen-bond donors (Lipinski definition) is 1. The molecule has 21 heavy (non-hydrogen) atoms. The smallest absolute Gasteiger partial charge is 0.417 e. The molecule has 0 unspecified atom stereocenters. The molecule has 2 rings (SSSR count). The van der Waals surface area contributed by atoms with Gasteiger partial charge >= 0.3 is 6.09 Å². The van der Waals surface area contributed by atoms with Crippen molar-refractivity contribution in [2.24, 2.45) is 0 Å². The van der Waals surface area contributed by atoms with Crippen LogP contribution in [0.2, 0.25) is 0 Å². The molecule has 0 saturated carbocycles. The summed E-state index contributed by atoms with van der Waals surface area (Å²) >= 11 is 0. The molecule has 0 aliphatic heterocycles. The molecule has 0 bridgehead atoms. The second kappa shape index (κ2) is 6.65. The van der Waals surface area contributed by atoms with Gasteiger partial charge in [-0.2, -0.15) is 0 Å². The van der Waals surface area contributed by atoms with E-state index in [1.165, 1.54) is 0 Å². The van der Waals surface area contributed by atoms with Gasteiger partial charge in [0.2, 0.25) is 0 Å². The Morgan fingerprint density at radius 1 is 1.00 bits per heavy atom. The van der Waals surface area contributed by atoms with Crippen LogP contribution in [0.15, 0.2) is 42.5 Å². The summed E-state index contributed by atoms with van der Waals surface area (Å²) in [6.45, 7) is 1.86. The molecule has 0 radical (unpaired) electrons. The molecule has 0 heterocycles. The van der Waals surface area contributed by atoms with Crippen LogP contribution in [-0.2, 0) is 0 Å². The summed E-state index contributed by atoms with van der Waals surface area (Å²) in [6, 6.07) is 12.3. The topological polar surface area (TPSA) is 56.8 Å². The van der Waals surface area contributed by atoms with Crippen LogP contribution in [0.1, 0.15) is 5.56 Å². The van der Waals surface area contributed by atoms with Gasteiger partial charge in [0.05, 0.1) is 19.9 Å². The predicted molar refractivity (Wildman–Crippen MR) is 80.4 cm³/mol. The maximum Gasteiger partial charge on any atom is 0.417 e. The Balaban J connectivity index is 2.14. The summed E-state index contributed by atoms with van der Waals surface area (Å²) in [5.74, 6) is 1.63. The van der Waals surface area contributed by atoms with Crippen molar-refractivity contribution < 1.29 is 19.0 Å². The highest BCUT2D eigenvalue weighted by molar-refractivity contribution is 5.87. The molecule has 0 fully saturated rings. The summed E-state index contributed by atoms with van der Waals surface area (Å²) < 4.78 is 15.6. The first-order valence-electron chi connectivity index (χ1n) is 6.40. The van der Waals surface area contributed by atoms with Crippen molar-refractivity contribution in [3.8, 4) is 17.2 Å². The lowest BCUT2D eigenvalue weighted by Crippen LogP contribution is -2.17. The Labute approximate surface area is 123 Å². The number of carbonyl (C=O) groups is 1. The van der Waals surface area contributed by atoms with Crippen molar-refractivity contribution in [2.45, 2.75) is 6.92 Å². The second-order valence-corrected chi connectivity index (χ2v) is 4.35. The number of nitrogens with one attached hydrogen (secondary N) is 1. The van der Waals surface area contributed by atoms with Gasteiger partial charge in [0.25, 0.3) is 0 Å². The summed E-state index contributed by atoms with van der Waals surface area (Å²) in [6.07, 6.45) is -0.559. The molecule has 0 aromatic heterocycles. The first-order valence-corrected chi connectivity index (χ1v) is 6.40. The highest BCUT2D eigenvalue weighted by Gasteiger charge is 2.12. The molecule has 2 aromatic carbocycles. The van der Waals surface area contributed by atoms with E-state index in [0.29, 0.717) is 22.9 Å². The fourth-order valence-corrected chi connectivity index (χ4v) is 1.85. The maximum atomic E-state index is 11.9. The van der Waals surface area contributed by atoms with E-state index >= 15 is 0 Å². The summed E-state index contributed by atoms with van der Waals surface area (Å²) in [5, 5.41) is 2.69. The number of anilines is 1. The third kappa shape index (κ3) is 3.66. The molecule has 5 heteroatoms. The molecule has 0 atom stereocenters. The number of carbonyl (C=O) groups excluding carboxylic acids is 1. The van der Waals surface area contributed by atoms with E-state index < -0.39 is 6.09 Å². The summed E-state index contributed by atoms with van der Waals surface area (Å²) in [5.41, 5.74) is 1.45. The van der Waals surface area contributed by atoms with Crippen LogP contribution < -0.4 is 19.5 Å². The van der Waals surface area contributed by atoms with E-state index in [1.54, 1.807) is 50.6 Å². The van der Waals surface area contributed by atoms with Crippen molar-refractivity contribution in [2.75, 3.05) is 19.5 Å². The number of hydrogen-bond acceptors (Lipinski definition) is 4. The van der Waals surface area contributed by atoms with Crippen LogP contribution >= 0.6 is 0 Å². The van der Waals surface area contributed by atoms with Crippen LogP contribution in [-0.4, -0.2) is 20.3 Å². The van der Waals surface area contributed by atoms with Gasteiger partial charge in [0, 0.05) is 6.07 Å². The molecule has 110 valence electrons. The number of ether oxygens (including phenoxy) is 3. The van der Waals surface area contributed by atoms with E-state index in [0.717, 1.165) is 5.56 Å². The maximum absolute atomic E-state index is 11.9. The summed E-state index contributed by atoms with van der Waals surface area (Å²) in [7, 11) is 3.10. The second-order valence-electron chi connectivity index (χ2n) is 4.35. The first kappa shape index (κ1) is 14.7. The quantitative estimate of drug-likeness (QED) is 0.933. The molecular formula is C16H17NO4. The number of aryl methyl sites for hydroxylation is 1. The molecule has 0 saturated heterocycles. The standard InChI is InChI=1S/C16H17NO4/c1-11-9-14(19-2)15(20-3)10-13(11)17-16(18)21-12-7-5-4-6-8-12/h4-10H,1-3H3,(H,17,18). The summed E-state index contributed by atoms with van der Waals surface area (Å²) in [4.78, 5) is 11.9. The molecule has 1 amide bonds. The first-order chi connectivity index (χ1) is 10.1. The number of para-hydroxylation sites is 1. The Morgan fingerprint density at radius 3 is 2.24 bits per heavy atom. The fraction of sp³-hybridized carbons (Fsp3) is 0.188. The lowest BCUT2D eigenvalue weighted by atomic mass is 10.2. The van der Waals surface area contributed by atoms with Crippen LogP contribution in [0.3, 0.4) is 0 Å². The number of methoxy groups -OCH3 is 2. The number of benzene rings is 2. The van der Waals surface area contributed by atoms with E-state index in [1.807, 2.05) is 13.0 Å². The highest BCUT2D eigenvalue weighted by Crippen LogP contribution is 2.32. The van der Waals surface area contributed by atoms with Crippen LogP contribution in [0.25, 0.3) is 0 Å². The molecular weight excluding hydrogens is 270 g/mol. The Bertz CT molecular complexity index is 626. The molecule has 5 nitrogen and oxygen atoms in total. The minimum Gasteiger partial charge on any atom is -0.493 e. The lowest BCUT2D eigenvalue weighted by molar-refractivity contribution is 0.215. The van der Waals surface area contributed by atoms with Crippen molar-refractivity contribution in [1.29, 1.82) is 0 Å². The van der Waals surface area contributed by atoms with Gasteiger partial charge in [0.15, 0.2) is 11.5 Å². The normalized spacial score (nSPS) is 9.86. The molecule has 2 aromatic rings.